The lowest BCUT2D eigenvalue weighted by Gasteiger charge is -2.35. The Morgan fingerprint density at radius 3 is 2.36 bits per heavy atom. The minimum absolute atomic E-state index is 0.0610. The fraction of sp³-hybridized carbons (Fsp3) is 0.273. The van der Waals surface area contributed by atoms with Gasteiger partial charge in [-0.2, -0.15) is 5.10 Å². The molecular weight excluding hydrogens is 350 g/mol. The minimum Gasteiger partial charge on any atom is -0.369 e. The third kappa shape index (κ3) is 2.86. The van der Waals surface area contributed by atoms with E-state index in [0.29, 0.717) is 0 Å². The van der Waals surface area contributed by atoms with Crippen molar-refractivity contribution >= 4 is 27.5 Å². The van der Waals surface area contributed by atoms with E-state index < -0.39 is 0 Å². The molecule has 5 rings (SSSR count). The number of hydrogen-bond donors (Lipinski definition) is 1. The van der Waals surface area contributed by atoms with Crippen molar-refractivity contribution in [3.63, 3.8) is 0 Å². The van der Waals surface area contributed by atoms with Crippen molar-refractivity contribution < 1.29 is 0 Å². The van der Waals surface area contributed by atoms with Crippen LogP contribution in [0.4, 0.5) is 5.69 Å². The van der Waals surface area contributed by atoms with Crippen LogP contribution in [0.2, 0.25) is 0 Å². The molecule has 0 saturated carbocycles. The van der Waals surface area contributed by atoms with Crippen molar-refractivity contribution in [1.82, 2.24) is 19.7 Å². The van der Waals surface area contributed by atoms with Gasteiger partial charge >= 0.3 is 0 Å². The normalized spacial score (nSPS) is 15.5. The number of nitrogens with zero attached hydrogens (tertiary/aromatic N) is 4. The molecule has 1 fully saturated rings. The summed E-state index contributed by atoms with van der Waals surface area (Å²) in [6.07, 6.45) is 0. The highest BCUT2D eigenvalue weighted by atomic mass is 16.1. The highest BCUT2D eigenvalue weighted by molar-refractivity contribution is 6.05. The number of piperazine rings is 1. The number of pyridine rings is 1. The minimum atomic E-state index is -0.0610. The second kappa shape index (κ2) is 6.80. The lowest BCUT2D eigenvalue weighted by molar-refractivity contribution is 0.247. The maximum Gasteiger partial charge on any atom is 0.257 e. The number of fused-ring (bicyclic) bond motifs is 3. The molecule has 0 aliphatic carbocycles. The molecule has 0 spiro atoms. The highest BCUT2D eigenvalue weighted by Crippen LogP contribution is 2.25. The van der Waals surface area contributed by atoms with Crippen molar-refractivity contribution in [1.29, 1.82) is 0 Å². The zero-order valence-corrected chi connectivity index (χ0v) is 15.9. The quantitative estimate of drug-likeness (QED) is 0.600. The average Bonchev–Trinajstić information content (AvgIpc) is 3.04. The number of aromatic nitrogens is 3. The Bertz CT molecular complexity index is 1190. The molecule has 1 aliphatic rings. The van der Waals surface area contributed by atoms with E-state index in [0.717, 1.165) is 60.2 Å². The molecular formula is C22H23N5O. The molecule has 1 N–H and O–H groups in total. The van der Waals surface area contributed by atoms with Gasteiger partial charge in [-0.3, -0.25) is 14.4 Å². The van der Waals surface area contributed by atoms with Gasteiger partial charge < -0.3 is 9.88 Å². The number of aromatic amines is 1. The van der Waals surface area contributed by atoms with Gasteiger partial charge in [-0.25, -0.2) is 0 Å². The Hall–Kier alpha value is -3.12. The third-order valence-electron chi connectivity index (χ3n) is 5.66. The second-order valence-electron chi connectivity index (χ2n) is 7.39. The van der Waals surface area contributed by atoms with Crippen LogP contribution in [0.25, 0.3) is 21.8 Å². The molecule has 1 aliphatic heterocycles. The molecule has 1 saturated heterocycles. The van der Waals surface area contributed by atoms with Crippen molar-refractivity contribution in [2.45, 2.75) is 6.54 Å². The summed E-state index contributed by atoms with van der Waals surface area (Å²) in [5.74, 6) is 0. The van der Waals surface area contributed by atoms with Gasteiger partial charge in [0.05, 0.1) is 5.69 Å². The van der Waals surface area contributed by atoms with Gasteiger partial charge in [0.15, 0.2) is 0 Å². The Kier molecular flexibility index (Phi) is 4.13. The van der Waals surface area contributed by atoms with E-state index in [-0.39, 0.29) is 5.56 Å². The van der Waals surface area contributed by atoms with Crippen LogP contribution in [0, 0.1) is 0 Å². The van der Waals surface area contributed by atoms with E-state index in [9.17, 15) is 4.79 Å². The van der Waals surface area contributed by atoms with Crippen molar-refractivity contribution in [2.75, 3.05) is 31.1 Å². The molecule has 28 heavy (non-hydrogen) atoms. The molecule has 0 radical (unpaired) electrons. The van der Waals surface area contributed by atoms with E-state index in [1.54, 1.807) is 4.68 Å². The van der Waals surface area contributed by atoms with E-state index in [2.05, 4.69) is 45.1 Å². The summed E-state index contributed by atoms with van der Waals surface area (Å²) in [7, 11) is 1.89. The molecule has 6 nitrogen and oxygen atoms in total. The zero-order valence-electron chi connectivity index (χ0n) is 15.9. The van der Waals surface area contributed by atoms with Crippen LogP contribution >= 0.6 is 0 Å². The van der Waals surface area contributed by atoms with Crippen LogP contribution in [-0.2, 0) is 13.6 Å². The molecule has 3 heterocycles. The summed E-state index contributed by atoms with van der Waals surface area (Å²) < 4.78 is 1.79. The van der Waals surface area contributed by atoms with Crippen LogP contribution in [-0.4, -0.2) is 45.8 Å². The largest absolute Gasteiger partial charge is 0.369 e. The number of anilines is 1. The SMILES string of the molecule is Cn1nc(CN2CCN(c3ccccc3)CC2)c2c3ccccc3c(=O)[nH]c21. The van der Waals surface area contributed by atoms with Crippen LogP contribution in [0.5, 0.6) is 0 Å². The smallest absolute Gasteiger partial charge is 0.257 e. The van der Waals surface area contributed by atoms with Gasteiger partial charge in [0.25, 0.3) is 5.56 Å². The van der Waals surface area contributed by atoms with Crippen LogP contribution in [0.3, 0.4) is 0 Å². The van der Waals surface area contributed by atoms with E-state index in [1.165, 1.54) is 5.69 Å². The monoisotopic (exact) mass is 373 g/mol. The summed E-state index contributed by atoms with van der Waals surface area (Å²) >= 11 is 0. The summed E-state index contributed by atoms with van der Waals surface area (Å²) in [4.78, 5) is 20.3. The molecule has 2 aromatic carbocycles. The van der Waals surface area contributed by atoms with Gasteiger partial charge in [-0.05, 0) is 18.2 Å². The number of hydrogen-bond acceptors (Lipinski definition) is 4. The molecule has 2 aromatic heterocycles. The lowest BCUT2D eigenvalue weighted by atomic mass is 10.1. The van der Waals surface area contributed by atoms with Gasteiger partial charge in [-0.15, -0.1) is 0 Å². The molecule has 0 bridgehead atoms. The van der Waals surface area contributed by atoms with E-state index in [4.69, 9.17) is 5.10 Å². The molecule has 4 aromatic rings. The van der Waals surface area contributed by atoms with Crippen molar-refractivity contribution in [3.8, 4) is 0 Å². The van der Waals surface area contributed by atoms with Crippen LogP contribution in [0.15, 0.2) is 59.4 Å². The number of nitrogens with one attached hydrogen (secondary N) is 1. The molecule has 6 heteroatoms. The molecule has 0 unspecified atom stereocenters. The summed E-state index contributed by atoms with van der Waals surface area (Å²) in [6, 6.07) is 18.4. The third-order valence-corrected chi connectivity index (χ3v) is 5.66. The van der Waals surface area contributed by atoms with Crippen molar-refractivity contribution in [2.24, 2.45) is 7.05 Å². The zero-order chi connectivity index (χ0) is 19.1. The first kappa shape index (κ1) is 17.0. The topological polar surface area (TPSA) is 57.2 Å². The van der Waals surface area contributed by atoms with E-state index in [1.807, 2.05) is 31.3 Å². The molecule has 0 atom stereocenters. The van der Waals surface area contributed by atoms with Crippen molar-refractivity contribution in [3.05, 3.63) is 70.6 Å². The standard InChI is InChI=1S/C22H23N5O/c1-25-21-20(17-9-5-6-10-18(17)22(28)23-21)19(24-25)15-26-11-13-27(14-12-26)16-7-3-2-4-8-16/h2-10H,11-15H2,1H3,(H,23,28). The number of aryl methyl sites for hydroxylation is 1. The Morgan fingerprint density at radius 1 is 0.929 bits per heavy atom. The Balaban J connectivity index is 1.43. The number of para-hydroxylation sites is 1. The maximum absolute atomic E-state index is 12.4. The van der Waals surface area contributed by atoms with Gasteiger partial charge in [0.1, 0.15) is 5.65 Å². The molecule has 142 valence electrons. The first-order chi connectivity index (χ1) is 13.7. The fourth-order valence-corrected chi connectivity index (χ4v) is 4.21. The predicted molar refractivity (Wildman–Crippen MR) is 113 cm³/mol. The first-order valence-electron chi connectivity index (χ1n) is 9.69. The van der Waals surface area contributed by atoms with Gasteiger partial charge in [0, 0.05) is 61.6 Å². The average molecular weight is 373 g/mol. The summed E-state index contributed by atoms with van der Waals surface area (Å²) in [5, 5.41) is 7.50. The number of rotatable bonds is 3. The Morgan fingerprint density at radius 2 is 1.61 bits per heavy atom. The second-order valence-corrected chi connectivity index (χ2v) is 7.39. The summed E-state index contributed by atoms with van der Waals surface area (Å²) in [6.45, 7) is 4.79. The van der Waals surface area contributed by atoms with E-state index >= 15 is 0 Å². The maximum atomic E-state index is 12.4. The van der Waals surface area contributed by atoms with Crippen LogP contribution in [0.1, 0.15) is 5.69 Å². The lowest BCUT2D eigenvalue weighted by Crippen LogP contribution is -2.46. The summed E-state index contributed by atoms with van der Waals surface area (Å²) in [5.41, 5.74) is 3.04. The number of benzene rings is 2. The Labute approximate surface area is 163 Å². The van der Waals surface area contributed by atoms with Gasteiger partial charge in [-0.1, -0.05) is 36.4 Å². The predicted octanol–water partition coefficient (Wildman–Crippen LogP) is 2.74. The molecule has 0 amide bonds. The fourth-order valence-electron chi connectivity index (χ4n) is 4.21. The first-order valence-corrected chi connectivity index (χ1v) is 9.69. The highest BCUT2D eigenvalue weighted by Gasteiger charge is 2.21. The van der Waals surface area contributed by atoms with Gasteiger partial charge in [0.2, 0.25) is 0 Å². The number of H-pyrrole nitrogens is 1. The van der Waals surface area contributed by atoms with Crippen LogP contribution < -0.4 is 10.5 Å².